The molecule has 2 aromatic rings. The Kier molecular flexibility index (Phi) is 6.70. The summed E-state index contributed by atoms with van der Waals surface area (Å²) in [5.41, 5.74) is 3.12. The molecule has 1 aromatic carbocycles. The van der Waals surface area contributed by atoms with Crippen molar-refractivity contribution < 1.29 is 9.90 Å². The van der Waals surface area contributed by atoms with Crippen molar-refractivity contribution in [2.75, 3.05) is 6.54 Å². The summed E-state index contributed by atoms with van der Waals surface area (Å²) in [5.74, 6) is 0.402. The van der Waals surface area contributed by atoms with Crippen molar-refractivity contribution >= 4 is 12.0 Å². The lowest BCUT2D eigenvalue weighted by atomic mass is 10.0. The molecule has 0 saturated carbocycles. The summed E-state index contributed by atoms with van der Waals surface area (Å²) >= 11 is 0. The van der Waals surface area contributed by atoms with Crippen LogP contribution in [0.2, 0.25) is 0 Å². The van der Waals surface area contributed by atoms with Crippen LogP contribution < -0.4 is 5.32 Å². The molecular weight excluding hydrogens is 300 g/mol. The maximum absolute atomic E-state index is 11.8. The fraction of sp³-hybridized carbons (Fsp3) is 0.300. The molecule has 0 aliphatic carbocycles. The van der Waals surface area contributed by atoms with E-state index in [1.165, 1.54) is 5.56 Å². The van der Waals surface area contributed by atoms with Crippen LogP contribution in [-0.2, 0) is 4.79 Å². The van der Waals surface area contributed by atoms with E-state index >= 15 is 0 Å². The van der Waals surface area contributed by atoms with Gasteiger partial charge in [-0.15, -0.1) is 0 Å². The Balaban J connectivity index is 1.76. The van der Waals surface area contributed by atoms with Crippen molar-refractivity contribution in [2.45, 2.75) is 32.3 Å². The third-order valence-electron chi connectivity index (χ3n) is 3.80. The molecule has 2 N–H and O–H groups in total. The van der Waals surface area contributed by atoms with Gasteiger partial charge in [-0.25, -0.2) is 0 Å². The first-order chi connectivity index (χ1) is 11.6. The zero-order chi connectivity index (χ0) is 17.4. The summed E-state index contributed by atoms with van der Waals surface area (Å²) in [6.07, 6.45) is 6.57. The van der Waals surface area contributed by atoms with Gasteiger partial charge in [0.2, 0.25) is 5.91 Å². The molecular formula is C20H24N2O2. The first-order valence-corrected chi connectivity index (χ1v) is 8.17. The number of amides is 1. The fourth-order valence-electron chi connectivity index (χ4n) is 2.28. The van der Waals surface area contributed by atoms with Crippen LogP contribution in [0.5, 0.6) is 0 Å². The summed E-state index contributed by atoms with van der Waals surface area (Å²) in [6.45, 7) is 4.52. The van der Waals surface area contributed by atoms with Gasteiger partial charge < -0.3 is 10.4 Å². The molecule has 0 saturated heterocycles. The number of hydrogen-bond acceptors (Lipinski definition) is 3. The van der Waals surface area contributed by atoms with E-state index < -0.39 is 6.10 Å². The molecule has 0 bridgehead atoms. The number of aliphatic hydroxyl groups is 1. The molecule has 0 spiro atoms. The van der Waals surface area contributed by atoms with Crippen molar-refractivity contribution in [3.05, 3.63) is 71.6 Å². The molecule has 126 valence electrons. The standard InChI is InChI=1S/C20H24N2O2/c1-15(2)17-8-6-16(7-9-17)4-3-5-20(24)22-14-19(23)18-10-12-21-13-11-18/h3-4,6-13,15,19,23H,5,14H2,1-2H3,(H,22,24)/b4-3+. The number of nitrogens with zero attached hydrogens (tertiary/aromatic N) is 1. The number of nitrogens with one attached hydrogen (secondary N) is 1. The number of carbonyl (C=O) groups is 1. The monoisotopic (exact) mass is 324 g/mol. The Morgan fingerprint density at radius 2 is 1.79 bits per heavy atom. The molecule has 24 heavy (non-hydrogen) atoms. The molecule has 0 radical (unpaired) electrons. The summed E-state index contributed by atoms with van der Waals surface area (Å²) in [7, 11) is 0. The third kappa shape index (κ3) is 5.63. The smallest absolute Gasteiger partial charge is 0.223 e. The van der Waals surface area contributed by atoms with Crippen LogP contribution in [-0.4, -0.2) is 22.5 Å². The predicted molar refractivity (Wildman–Crippen MR) is 96.4 cm³/mol. The highest BCUT2D eigenvalue weighted by atomic mass is 16.3. The number of benzene rings is 1. The second-order valence-corrected chi connectivity index (χ2v) is 6.03. The number of hydrogen-bond donors (Lipinski definition) is 2. The van der Waals surface area contributed by atoms with Crippen molar-refractivity contribution in [1.82, 2.24) is 10.3 Å². The summed E-state index contributed by atoms with van der Waals surface area (Å²) < 4.78 is 0. The highest BCUT2D eigenvalue weighted by molar-refractivity contribution is 5.78. The number of pyridine rings is 1. The van der Waals surface area contributed by atoms with E-state index in [-0.39, 0.29) is 18.9 Å². The van der Waals surface area contributed by atoms with E-state index in [0.717, 1.165) is 11.1 Å². The number of carbonyl (C=O) groups excluding carboxylic acids is 1. The van der Waals surface area contributed by atoms with Gasteiger partial charge in [-0.1, -0.05) is 50.3 Å². The molecule has 4 heteroatoms. The van der Waals surface area contributed by atoms with Gasteiger partial charge in [0.05, 0.1) is 6.10 Å². The van der Waals surface area contributed by atoms with Gasteiger partial charge in [-0.3, -0.25) is 9.78 Å². The summed E-state index contributed by atoms with van der Waals surface area (Å²) in [4.78, 5) is 15.7. The van der Waals surface area contributed by atoms with Crippen molar-refractivity contribution in [3.8, 4) is 0 Å². The molecule has 4 nitrogen and oxygen atoms in total. The van der Waals surface area contributed by atoms with Crippen LogP contribution in [0.1, 0.15) is 49.0 Å². The first-order valence-electron chi connectivity index (χ1n) is 8.17. The van der Waals surface area contributed by atoms with Gasteiger partial charge in [0, 0.05) is 25.4 Å². The summed E-state index contributed by atoms with van der Waals surface area (Å²) in [6, 6.07) is 11.8. The van der Waals surface area contributed by atoms with Gasteiger partial charge in [-0.2, -0.15) is 0 Å². The molecule has 0 fully saturated rings. The highest BCUT2D eigenvalue weighted by Crippen LogP contribution is 2.15. The van der Waals surface area contributed by atoms with Crippen LogP contribution in [0.3, 0.4) is 0 Å². The Labute approximate surface area is 143 Å². The van der Waals surface area contributed by atoms with Crippen LogP contribution in [0, 0.1) is 0 Å². The normalized spacial score (nSPS) is 12.5. The van der Waals surface area contributed by atoms with Crippen LogP contribution in [0.25, 0.3) is 6.08 Å². The van der Waals surface area contributed by atoms with Crippen LogP contribution in [0.15, 0.2) is 54.9 Å². The molecule has 0 aliphatic rings. The van der Waals surface area contributed by atoms with Crippen molar-refractivity contribution in [1.29, 1.82) is 0 Å². The minimum atomic E-state index is -0.718. The van der Waals surface area contributed by atoms with E-state index in [1.807, 2.05) is 12.2 Å². The number of rotatable bonds is 7. The highest BCUT2D eigenvalue weighted by Gasteiger charge is 2.08. The van der Waals surface area contributed by atoms with E-state index in [1.54, 1.807) is 24.5 Å². The SMILES string of the molecule is CC(C)c1ccc(/C=C/CC(=O)NCC(O)c2ccncc2)cc1. The maximum atomic E-state index is 11.8. The van der Waals surface area contributed by atoms with Crippen LogP contribution >= 0.6 is 0 Å². The number of aromatic nitrogens is 1. The van der Waals surface area contributed by atoms with E-state index in [4.69, 9.17) is 0 Å². The molecule has 1 unspecified atom stereocenters. The molecule has 2 rings (SSSR count). The average molecular weight is 324 g/mol. The Bertz CT molecular complexity index is 664. The van der Waals surface area contributed by atoms with E-state index in [2.05, 4.69) is 48.4 Å². The van der Waals surface area contributed by atoms with Gasteiger partial charge in [0.15, 0.2) is 0 Å². The molecule has 1 heterocycles. The third-order valence-corrected chi connectivity index (χ3v) is 3.80. The second kappa shape index (κ2) is 8.99. The topological polar surface area (TPSA) is 62.2 Å². The Morgan fingerprint density at radius 3 is 2.42 bits per heavy atom. The minimum Gasteiger partial charge on any atom is -0.387 e. The minimum absolute atomic E-state index is 0.113. The molecule has 1 amide bonds. The van der Waals surface area contributed by atoms with Crippen molar-refractivity contribution in [3.63, 3.8) is 0 Å². The van der Waals surface area contributed by atoms with Gasteiger partial charge in [0.1, 0.15) is 0 Å². The molecule has 1 aromatic heterocycles. The lowest BCUT2D eigenvalue weighted by Crippen LogP contribution is -2.27. The maximum Gasteiger partial charge on any atom is 0.223 e. The molecule has 0 aliphatic heterocycles. The second-order valence-electron chi connectivity index (χ2n) is 6.03. The van der Waals surface area contributed by atoms with Crippen molar-refractivity contribution in [2.24, 2.45) is 0 Å². The fourth-order valence-corrected chi connectivity index (χ4v) is 2.28. The lowest BCUT2D eigenvalue weighted by molar-refractivity contribution is -0.120. The average Bonchev–Trinajstić information content (AvgIpc) is 2.61. The number of aliphatic hydroxyl groups excluding tert-OH is 1. The zero-order valence-corrected chi connectivity index (χ0v) is 14.1. The quantitative estimate of drug-likeness (QED) is 0.820. The van der Waals surface area contributed by atoms with Crippen LogP contribution in [0.4, 0.5) is 0 Å². The lowest BCUT2D eigenvalue weighted by Gasteiger charge is -2.11. The van der Waals surface area contributed by atoms with Gasteiger partial charge in [0.25, 0.3) is 0 Å². The van der Waals surface area contributed by atoms with E-state index in [0.29, 0.717) is 5.92 Å². The Hall–Kier alpha value is -2.46. The molecule has 1 atom stereocenters. The largest absolute Gasteiger partial charge is 0.387 e. The summed E-state index contributed by atoms with van der Waals surface area (Å²) in [5, 5.41) is 12.7. The zero-order valence-electron chi connectivity index (χ0n) is 14.1. The Morgan fingerprint density at radius 1 is 1.12 bits per heavy atom. The van der Waals surface area contributed by atoms with Gasteiger partial charge in [-0.05, 0) is 34.7 Å². The van der Waals surface area contributed by atoms with Gasteiger partial charge >= 0.3 is 0 Å². The van der Waals surface area contributed by atoms with E-state index in [9.17, 15) is 9.90 Å². The first kappa shape index (κ1) is 17.9. The predicted octanol–water partition coefficient (Wildman–Crippen LogP) is 3.46.